The van der Waals surface area contributed by atoms with Gasteiger partial charge in [0, 0.05) is 18.3 Å². The van der Waals surface area contributed by atoms with Gasteiger partial charge in [-0.25, -0.2) is 4.98 Å². The smallest absolute Gasteiger partial charge is 0.132 e. The van der Waals surface area contributed by atoms with Gasteiger partial charge in [0.15, 0.2) is 0 Å². The van der Waals surface area contributed by atoms with Gasteiger partial charge in [-0.1, -0.05) is 19.9 Å². The number of hydrogen-bond acceptors (Lipinski definition) is 2. The Bertz CT molecular complexity index is 318. The van der Waals surface area contributed by atoms with E-state index in [1.807, 2.05) is 13.8 Å². The molecule has 2 rings (SSSR count). The molecule has 1 aliphatic heterocycles. The van der Waals surface area contributed by atoms with Crippen LogP contribution in [0.1, 0.15) is 39.0 Å². The zero-order valence-corrected chi connectivity index (χ0v) is 10.5. The number of aromatic nitrogens is 1. The highest BCUT2D eigenvalue weighted by Crippen LogP contribution is 2.27. The maximum Gasteiger partial charge on any atom is 0.132 e. The molecule has 0 saturated carbocycles. The molecule has 0 amide bonds. The molecular weight excluding hydrogens is 184 g/mol. The number of hydrogen-bond donors (Lipinski definition) is 0. The second-order valence-corrected chi connectivity index (χ2v) is 3.97. The van der Waals surface area contributed by atoms with Crippen LogP contribution in [0.4, 0.5) is 5.82 Å². The summed E-state index contributed by atoms with van der Waals surface area (Å²) in [5, 5.41) is 0. The van der Waals surface area contributed by atoms with Crippen LogP contribution in [-0.2, 0) is 6.42 Å². The molecule has 1 aromatic heterocycles. The quantitative estimate of drug-likeness (QED) is 0.701. The highest BCUT2D eigenvalue weighted by atomic mass is 15.2. The van der Waals surface area contributed by atoms with E-state index >= 15 is 0 Å². The van der Waals surface area contributed by atoms with Crippen molar-refractivity contribution < 1.29 is 0 Å². The number of nitrogens with zero attached hydrogens (tertiary/aromatic N) is 2. The van der Waals surface area contributed by atoms with Gasteiger partial charge < -0.3 is 4.90 Å². The topological polar surface area (TPSA) is 16.1 Å². The standard InChI is InChI=1S/C11H16N2.C2H6/c1-8(2)13-7-6-10-5-4-9(3)12-11(10)13;1-2/h4-5,8H,6-7H2,1-3H3;1-2H3. The number of rotatable bonds is 1. The zero-order chi connectivity index (χ0) is 11.4. The van der Waals surface area contributed by atoms with Crippen LogP contribution in [-0.4, -0.2) is 17.6 Å². The molecule has 1 aromatic rings. The first-order valence-electron chi connectivity index (χ1n) is 5.91. The molecule has 2 heteroatoms. The highest BCUT2D eigenvalue weighted by molar-refractivity contribution is 5.53. The van der Waals surface area contributed by atoms with E-state index in [-0.39, 0.29) is 0 Å². The fourth-order valence-electron chi connectivity index (χ4n) is 1.87. The van der Waals surface area contributed by atoms with Crippen molar-refractivity contribution >= 4 is 5.82 Å². The van der Waals surface area contributed by atoms with Crippen molar-refractivity contribution in [2.24, 2.45) is 0 Å². The third-order valence-corrected chi connectivity index (χ3v) is 2.61. The molecule has 0 atom stereocenters. The van der Waals surface area contributed by atoms with Gasteiger partial charge in [-0.15, -0.1) is 0 Å². The van der Waals surface area contributed by atoms with E-state index in [4.69, 9.17) is 0 Å². The van der Waals surface area contributed by atoms with Crippen LogP contribution >= 0.6 is 0 Å². The predicted molar refractivity (Wildman–Crippen MR) is 66.5 cm³/mol. The van der Waals surface area contributed by atoms with E-state index < -0.39 is 0 Å². The molecule has 2 nitrogen and oxygen atoms in total. The van der Waals surface area contributed by atoms with Crippen molar-refractivity contribution in [2.45, 2.75) is 47.1 Å². The molecule has 84 valence electrons. The molecule has 2 heterocycles. The van der Waals surface area contributed by atoms with E-state index in [0.29, 0.717) is 6.04 Å². The molecule has 0 radical (unpaired) electrons. The summed E-state index contributed by atoms with van der Waals surface area (Å²) >= 11 is 0. The Morgan fingerprint density at radius 3 is 2.53 bits per heavy atom. The molecule has 15 heavy (non-hydrogen) atoms. The lowest BCUT2D eigenvalue weighted by atomic mass is 10.2. The zero-order valence-electron chi connectivity index (χ0n) is 10.5. The molecule has 0 aliphatic carbocycles. The Morgan fingerprint density at radius 2 is 1.93 bits per heavy atom. The van der Waals surface area contributed by atoms with E-state index in [1.54, 1.807) is 0 Å². The Kier molecular flexibility index (Phi) is 4.13. The summed E-state index contributed by atoms with van der Waals surface area (Å²) in [5.41, 5.74) is 2.52. The van der Waals surface area contributed by atoms with Crippen LogP contribution in [0.15, 0.2) is 12.1 Å². The van der Waals surface area contributed by atoms with Gasteiger partial charge >= 0.3 is 0 Å². The first kappa shape index (κ1) is 12.0. The van der Waals surface area contributed by atoms with Gasteiger partial charge in [-0.2, -0.15) is 0 Å². The first-order valence-corrected chi connectivity index (χ1v) is 5.91. The average Bonchev–Trinajstić information content (AvgIpc) is 2.63. The van der Waals surface area contributed by atoms with Crippen molar-refractivity contribution in [3.8, 4) is 0 Å². The van der Waals surface area contributed by atoms with E-state index in [1.165, 1.54) is 11.4 Å². The van der Waals surface area contributed by atoms with Crippen LogP contribution in [0.3, 0.4) is 0 Å². The fourth-order valence-corrected chi connectivity index (χ4v) is 1.87. The molecule has 0 unspecified atom stereocenters. The van der Waals surface area contributed by atoms with Crippen LogP contribution in [0, 0.1) is 6.92 Å². The van der Waals surface area contributed by atoms with Gasteiger partial charge in [0.05, 0.1) is 0 Å². The van der Waals surface area contributed by atoms with E-state index in [0.717, 1.165) is 18.7 Å². The summed E-state index contributed by atoms with van der Waals surface area (Å²) in [6.07, 6.45) is 1.15. The molecule has 0 N–H and O–H groups in total. The van der Waals surface area contributed by atoms with E-state index in [2.05, 4.69) is 42.8 Å². The Hall–Kier alpha value is -1.05. The van der Waals surface area contributed by atoms with Crippen molar-refractivity contribution in [3.05, 3.63) is 23.4 Å². The largest absolute Gasteiger partial charge is 0.354 e. The lowest BCUT2D eigenvalue weighted by molar-refractivity contribution is 0.702. The maximum atomic E-state index is 4.58. The maximum absolute atomic E-state index is 4.58. The van der Waals surface area contributed by atoms with Gasteiger partial charge in [0.2, 0.25) is 0 Å². The molecular formula is C13H22N2. The van der Waals surface area contributed by atoms with Gasteiger partial charge in [-0.05, 0) is 38.8 Å². The van der Waals surface area contributed by atoms with Crippen LogP contribution < -0.4 is 4.90 Å². The molecule has 0 spiro atoms. The van der Waals surface area contributed by atoms with E-state index in [9.17, 15) is 0 Å². The summed E-state index contributed by atoms with van der Waals surface area (Å²) in [5.74, 6) is 1.20. The SMILES string of the molecule is CC.Cc1ccc2c(n1)N(C(C)C)CC2. The summed E-state index contributed by atoms with van der Waals surface area (Å²) < 4.78 is 0. The number of aryl methyl sites for hydroxylation is 1. The lowest BCUT2D eigenvalue weighted by Gasteiger charge is -2.22. The Balaban J connectivity index is 0.000000531. The molecule has 0 fully saturated rings. The third kappa shape index (κ3) is 2.49. The summed E-state index contributed by atoms with van der Waals surface area (Å²) in [6.45, 7) is 11.6. The Labute approximate surface area is 93.3 Å². The first-order chi connectivity index (χ1) is 7.18. The highest BCUT2D eigenvalue weighted by Gasteiger charge is 2.22. The van der Waals surface area contributed by atoms with Crippen molar-refractivity contribution in [2.75, 3.05) is 11.4 Å². The van der Waals surface area contributed by atoms with Gasteiger partial charge in [-0.3, -0.25) is 0 Å². The van der Waals surface area contributed by atoms with Crippen molar-refractivity contribution in [1.29, 1.82) is 0 Å². The normalized spacial score (nSPS) is 13.6. The minimum Gasteiger partial charge on any atom is -0.354 e. The second kappa shape index (κ2) is 5.15. The summed E-state index contributed by atoms with van der Waals surface area (Å²) in [6, 6.07) is 4.87. The lowest BCUT2D eigenvalue weighted by Crippen LogP contribution is -2.29. The van der Waals surface area contributed by atoms with Crippen LogP contribution in [0.5, 0.6) is 0 Å². The fraction of sp³-hybridized carbons (Fsp3) is 0.615. The van der Waals surface area contributed by atoms with Crippen molar-refractivity contribution in [1.82, 2.24) is 4.98 Å². The second-order valence-electron chi connectivity index (χ2n) is 3.97. The van der Waals surface area contributed by atoms with Crippen LogP contribution in [0.25, 0.3) is 0 Å². The Morgan fingerprint density at radius 1 is 1.27 bits per heavy atom. The number of anilines is 1. The average molecular weight is 206 g/mol. The molecule has 1 aliphatic rings. The summed E-state index contributed by atoms with van der Waals surface area (Å²) in [4.78, 5) is 6.96. The number of pyridine rings is 1. The summed E-state index contributed by atoms with van der Waals surface area (Å²) in [7, 11) is 0. The third-order valence-electron chi connectivity index (χ3n) is 2.61. The monoisotopic (exact) mass is 206 g/mol. The van der Waals surface area contributed by atoms with Gasteiger partial charge in [0.1, 0.15) is 5.82 Å². The van der Waals surface area contributed by atoms with Crippen molar-refractivity contribution in [3.63, 3.8) is 0 Å². The predicted octanol–water partition coefficient (Wildman–Crippen LogP) is 3.19. The molecule has 0 saturated heterocycles. The number of fused-ring (bicyclic) bond motifs is 1. The van der Waals surface area contributed by atoms with Crippen LogP contribution in [0.2, 0.25) is 0 Å². The molecule has 0 bridgehead atoms. The minimum absolute atomic E-state index is 0.565. The molecule has 0 aromatic carbocycles. The van der Waals surface area contributed by atoms with Gasteiger partial charge in [0.25, 0.3) is 0 Å². The minimum atomic E-state index is 0.565.